The SMILES string of the molecule is COc1ccc(CCN2C(=O)C[C@H](Nc3ccc(CC(=O)[O-])cc3)C2=O)cc1OC. The summed E-state index contributed by atoms with van der Waals surface area (Å²) >= 11 is 0. The first-order chi connectivity index (χ1) is 14.4. The highest BCUT2D eigenvalue weighted by atomic mass is 16.5. The Kier molecular flexibility index (Phi) is 6.56. The zero-order chi connectivity index (χ0) is 21.7. The van der Waals surface area contributed by atoms with Crippen LogP contribution in [-0.4, -0.2) is 49.5 Å². The van der Waals surface area contributed by atoms with Crippen molar-refractivity contribution in [3.63, 3.8) is 0 Å². The van der Waals surface area contributed by atoms with Crippen molar-refractivity contribution in [3.05, 3.63) is 53.6 Å². The van der Waals surface area contributed by atoms with Crippen LogP contribution in [0.5, 0.6) is 11.5 Å². The van der Waals surface area contributed by atoms with Gasteiger partial charge >= 0.3 is 0 Å². The van der Waals surface area contributed by atoms with Crippen LogP contribution in [0.3, 0.4) is 0 Å². The highest BCUT2D eigenvalue weighted by Gasteiger charge is 2.38. The number of benzene rings is 2. The lowest BCUT2D eigenvalue weighted by atomic mass is 10.1. The molecule has 0 saturated carbocycles. The molecule has 30 heavy (non-hydrogen) atoms. The monoisotopic (exact) mass is 411 g/mol. The van der Waals surface area contributed by atoms with Crippen molar-refractivity contribution in [1.29, 1.82) is 0 Å². The van der Waals surface area contributed by atoms with E-state index in [1.807, 2.05) is 12.1 Å². The van der Waals surface area contributed by atoms with Gasteiger partial charge in [0.2, 0.25) is 5.91 Å². The number of hydrogen-bond acceptors (Lipinski definition) is 7. The number of amides is 2. The third-order valence-corrected chi connectivity index (χ3v) is 4.96. The smallest absolute Gasteiger partial charge is 0.252 e. The molecule has 1 atom stereocenters. The molecule has 3 rings (SSSR count). The molecule has 2 amide bonds. The van der Waals surface area contributed by atoms with Gasteiger partial charge in [-0.15, -0.1) is 0 Å². The maximum atomic E-state index is 12.7. The molecule has 1 aliphatic heterocycles. The van der Waals surface area contributed by atoms with Crippen molar-refractivity contribution in [2.45, 2.75) is 25.3 Å². The number of nitrogens with zero attached hydrogens (tertiary/aromatic N) is 1. The van der Waals surface area contributed by atoms with Gasteiger partial charge < -0.3 is 24.7 Å². The van der Waals surface area contributed by atoms with Crippen LogP contribution in [-0.2, 0) is 27.2 Å². The van der Waals surface area contributed by atoms with Crippen molar-refractivity contribution >= 4 is 23.5 Å². The minimum Gasteiger partial charge on any atom is -0.550 e. The van der Waals surface area contributed by atoms with Crippen LogP contribution in [0, 0.1) is 0 Å². The predicted molar refractivity (Wildman–Crippen MR) is 107 cm³/mol. The summed E-state index contributed by atoms with van der Waals surface area (Å²) in [7, 11) is 3.11. The maximum absolute atomic E-state index is 12.7. The molecule has 0 unspecified atom stereocenters. The van der Waals surface area contributed by atoms with E-state index in [1.54, 1.807) is 44.6 Å². The van der Waals surface area contributed by atoms with E-state index in [2.05, 4.69) is 5.32 Å². The summed E-state index contributed by atoms with van der Waals surface area (Å²) in [5.41, 5.74) is 2.17. The second-order valence-electron chi connectivity index (χ2n) is 6.97. The van der Waals surface area contributed by atoms with Crippen LogP contribution in [0.2, 0.25) is 0 Å². The van der Waals surface area contributed by atoms with Gasteiger partial charge in [-0.05, 0) is 41.8 Å². The van der Waals surface area contributed by atoms with Crippen molar-refractivity contribution in [3.8, 4) is 11.5 Å². The zero-order valence-corrected chi connectivity index (χ0v) is 16.8. The van der Waals surface area contributed by atoms with Crippen LogP contribution < -0.4 is 19.9 Å². The fourth-order valence-corrected chi connectivity index (χ4v) is 3.39. The Morgan fingerprint density at radius 2 is 1.73 bits per heavy atom. The minimum atomic E-state index is -1.16. The molecule has 0 spiro atoms. The Morgan fingerprint density at radius 3 is 2.37 bits per heavy atom. The molecule has 8 heteroatoms. The molecule has 1 saturated heterocycles. The molecule has 8 nitrogen and oxygen atoms in total. The lowest BCUT2D eigenvalue weighted by molar-refractivity contribution is -0.304. The number of nitrogens with one attached hydrogen (secondary N) is 1. The number of carboxylic acid groups (broad SMARTS) is 1. The summed E-state index contributed by atoms with van der Waals surface area (Å²) in [6, 6.07) is 11.5. The number of rotatable bonds is 9. The Labute approximate surface area is 174 Å². The highest BCUT2D eigenvalue weighted by Crippen LogP contribution is 2.28. The quantitative estimate of drug-likeness (QED) is 0.608. The van der Waals surface area contributed by atoms with Gasteiger partial charge in [0.15, 0.2) is 11.5 Å². The number of aliphatic carboxylic acids is 1. The number of imide groups is 1. The van der Waals surface area contributed by atoms with E-state index in [1.165, 1.54) is 4.90 Å². The Morgan fingerprint density at radius 1 is 1.07 bits per heavy atom. The van der Waals surface area contributed by atoms with Crippen LogP contribution in [0.4, 0.5) is 5.69 Å². The van der Waals surface area contributed by atoms with Gasteiger partial charge in [-0.2, -0.15) is 0 Å². The molecule has 2 aromatic carbocycles. The van der Waals surface area contributed by atoms with Crippen LogP contribution in [0.1, 0.15) is 17.5 Å². The lowest BCUT2D eigenvalue weighted by Gasteiger charge is -2.17. The van der Waals surface area contributed by atoms with E-state index >= 15 is 0 Å². The summed E-state index contributed by atoms with van der Waals surface area (Å²) < 4.78 is 10.5. The number of hydrogen-bond donors (Lipinski definition) is 1. The second-order valence-corrected chi connectivity index (χ2v) is 6.97. The first-order valence-corrected chi connectivity index (χ1v) is 9.51. The number of likely N-dealkylation sites (tertiary alicyclic amines) is 1. The molecule has 1 aliphatic rings. The molecular weight excluding hydrogens is 388 g/mol. The third kappa shape index (κ3) is 4.89. The largest absolute Gasteiger partial charge is 0.550 e. The molecule has 1 fully saturated rings. The number of carbonyl (C=O) groups excluding carboxylic acids is 3. The molecule has 1 heterocycles. The Bertz CT molecular complexity index is 941. The van der Waals surface area contributed by atoms with Crippen LogP contribution in [0.25, 0.3) is 0 Å². The minimum absolute atomic E-state index is 0.0750. The molecular formula is C22H23N2O6-. The topological polar surface area (TPSA) is 108 Å². The first-order valence-electron chi connectivity index (χ1n) is 9.51. The standard InChI is InChI=1S/C22H24N2O6/c1-29-18-8-5-15(11-19(18)30-2)9-10-24-20(25)13-17(22(24)28)23-16-6-3-14(4-7-16)12-21(26)27/h3-8,11,17,23H,9-10,12-13H2,1-2H3,(H,26,27)/p-1/t17-/m0/s1. The fourth-order valence-electron chi connectivity index (χ4n) is 3.39. The average Bonchev–Trinajstić information content (AvgIpc) is 2.99. The summed E-state index contributed by atoms with van der Waals surface area (Å²) in [5, 5.41) is 13.7. The molecule has 0 aliphatic carbocycles. The van der Waals surface area contributed by atoms with Crippen LogP contribution in [0.15, 0.2) is 42.5 Å². The lowest BCUT2D eigenvalue weighted by Crippen LogP contribution is -2.36. The van der Waals surface area contributed by atoms with Crippen molar-refractivity contribution < 1.29 is 29.0 Å². The van der Waals surface area contributed by atoms with Gasteiger partial charge in [0.05, 0.1) is 20.6 Å². The Balaban J connectivity index is 1.60. The summed E-state index contributed by atoms with van der Waals surface area (Å²) in [4.78, 5) is 37.0. The molecule has 0 aromatic heterocycles. The number of anilines is 1. The zero-order valence-electron chi connectivity index (χ0n) is 16.8. The van der Waals surface area contributed by atoms with Gasteiger partial charge in [-0.25, -0.2) is 0 Å². The van der Waals surface area contributed by atoms with Gasteiger partial charge in [0.25, 0.3) is 5.91 Å². The average molecular weight is 411 g/mol. The second kappa shape index (κ2) is 9.30. The van der Waals surface area contributed by atoms with E-state index in [-0.39, 0.29) is 31.2 Å². The Hall–Kier alpha value is -3.55. The first kappa shape index (κ1) is 21.2. The molecule has 158 valence electrons. The molecule has 0 radical (unpaired) electrons. The summed E-state index contributed by atoms with van der Waals surface area (Å²) in [5.74, 6) is -0.455. The summed E-state index contributed by atoms with van der Waals surface area (Å²) in [6.45, 7) is 0.274. The molecule has 2 aromatic rings. The summed E-state index contributed by atoms with van der Waals surface area (Å²) in [6.07, 6.45) is 0.402. The number of ether oxygens (including phenoxy) is 2. The maximum Gasteiger partial charge on any atom is 0.252 e. The number of methoxy groups -OCH3 is 2. The van der Waals surface area contributed by atoms with E-state index in [0.29, 0.717) is 29.2 Å². The van der Waals surface area contributed by atoms with E-state index in [4.69, 9.17) is 9.47 Å². The van der Waals surface area contributed by atoms with E-state index < -0.39 is 12.0 Å². The number of carboxylic acids is 1. The van der Waals surface area contributed by atoms with E-state index in [0.717, 1.165) is 5.56 Å². The van der Waals surface area contributed by atoms with Gasteiger partial charge in [0.1, 0.15) is 6.04 Å². The van der Waals surface area contributed by atoms with Gasteiger partial charge in [0, 0.05) is 24.6 Å². The normalized spacial score (nSPS) is 15.9. The van der Waals surface area contributed by atoms with E-state index in [9.17, 15) is 19.5 Å². The predicted octanol–water partition coefficient (Wildman–Crippen LogP) is 0.778. The van der Waals surface area contributed by atoms with Crippen molar-refractivity contribution in [2.24, 2.45) is 0 Å². The molecule has 0 bridgehead atoms. The molecule has 1 N–H and O–H groups in total. The third-order valence-electron chi connectivity index (χ3n) is 4.96. The van der Waals surface area contributed by atoms with Crippen molar-refractivity contribution in [2.75, 3.05) is 26.1 Å². The van der Waals surface area contributed by atoms with Crippen LogP contribution >= 0.6 is 0 Å². The highest BCUT2D eigenvalue weighted by molar-refractivity contribution is 6.06. The van der Waals surface area contributed by atoms with Gasteiger partial charge in [-0.3, -0.25) is 14.5 Å². The van der Waals surface area contributed by atoms with Crippen molar-refractivity contribution in [1.82, 2.24) is 4.90 Å². The number of carbonyl (C=O) groups is 3. The fraction of sp³-hybridized carbons (Fsp3) is 0.318. The van der Waals surface area contributed by atoms with Gasteiger partial charge in [-0.1, -0.05) is 18.2 Å².